The molecular weight excluding hydrogens is 248 g/mol. The molecule has 2 heterocycles. The highest BCUT2D eigenvalue weighted by Crippen LogP contribution is 2.29. The second-order valence-corrected chi connectivity index (χ2v) is 5.08. The normalized spacial score (nSPS) is 21.6. The van der Waals surface area contributed by atoms with Crippen molar-refractivity contribution in [1.82, 2.24) is 9.55 Å². The summed E-state index contributed by atoms with van der Waals surface area (Å²) in [6.45, 7) is 3.07. The van der Waals surface area contributed by atoms with Gasteiger partial charge in [0.25, 0.3) is 0 Å². The number of fused-ring (bicyclic) bond motifs is 1. The van der Waals surface area contributed by atoms with Crippen molar-refractivity contribution in [2.45, 2.75) is 37.8 Å². The lowest BCUT2D eigenvalue weighted by Gasteiger charge is -2.22. The number of halogens is 1. The van der Waals surface area contributed by atoms with Gasteiger partial charge in [0.1, 0.15) is 5.82 Å². The van der Waals surface area contributed by atoms with Crippen LogP contribution in [0, 0.1) is 0 Å². The van der Waals surface area contributed by atoms with Crippen molar-refractivity contribution in [3.63, 3.8) is 0 Å². The van der Waals surface area contributed by atoms with E-state index < -0.39 is 0 Å². The molecule has 3 nitrogen and oxygen atoms in total. The number of imidazole rings is 1. The number of hydrogen-bond acceptors (Lipinski definition) is 2. The number of aromatic nitrogens is 2. The van der Waals surface area contributed by atoms with Gasteiger partial charge in [0, 0.05) is 6.61 Å². The van der Waals surface area contributed by atoms with E-state index in [1.807, 2.05) is 18.2 Å². The first-order valence-electron chi connectivity index (χ1n) is 6.44. The van der Waals surface area contributed by atoms with Gasteiger partial charge >= 0.3 is 0 Å². The maximum atomic E-state index is 6.03. The minimum absolute atomic E-state index is 0.282. The van der Waals surface area contributed by atoms with Crippen molar-refractivity contribution in [1.29, 1.82) is 0 Å². The number of benzene rings is 1. The molecule has 0 aliphatic carbocycles. The highest BCUT2D eigenvalue weighted by atomic mass is 35.5. The summed E-state index contributed by atoms with van der Waals surface area (Å²) in [4.78, 5) is 4.60. The Morgan fingerprint density at radius 3 is 3.06 bits per heavy atom. The van der Waals surface area contributed by atoms with Gasteiger partial charge in [-0.15, -0.1) is 11.6 Å². The van der Waals surface area contributed by atoms with Crippen molar-refractivity contribution in [2.24, 2.45) is 0 Å². The van der Waals surface area contributed by atoms with Crippen molar-refractivity contribution >= 4 is 22.6 Å². The molecule has 0 radical (unpaired) electrons. The molecule has 1 aliphatic rings. The fraction of sp³-hybridized carbons (Fsp3) is 0.500. The van der Waals surface area contributed by atoms with Crippen LogP contribution < -0.4 is 0 Å². The van der Waals surface area contributed by atoms with E-state index in [4.69, 9.17) is 16.3 Å². The van der Waals surface area contributed by atoms with Gasteiger partial charge in [0.2, 0.25) is 0 Å². The first kappa shape index (κ1) is 12.0. The molecular formula is C14H17ClN2O. The highest BCUT2D eigenvalue weighted by molar-refractivity contribution is 6.16. The zero-order valence-electron chi connectivity index (χ0n) is 10.5. The molecule has 2 unspecified atom stereocenters. The van der Waals surface area contributed by atoms with E-state index in [-0.39, 0.29) is 12.1 Å². The Balaban J connectivity index is 2.08. The summed E-state index contributed by atoms with van der Waals surface area (Å²) in [5, 5.41) is 0. The van der Waals surface area contributed by atoms with Gasteiger partial charge in [-0.05, 0) is 31.9 Å². The molecule has 96 valence electrons. The smallest absolute Gasteiger partial charge is 0.125 e. The third-order valence-electron chi connectivity index (χ3n) is 3.70. The van der Waals surface area contributed by atoms with E-state index in [1.54, 1.807) is 0 Å². The van der Waals surface area contributed by atoms with Crippen LogP contribution in [0.15, 0.2) is 24.3 Å². The minimum atomic E-state index is 0.282. The maximum Gasteiger partial charge on any atom is 0.125 e. The lowest BCUT2D eigenvalue weighted by molar-refractivity contribution is 0.0738. The fourth-order valence-electron chi connectivity index (χ4n) is 2.79. The van der Waals surface area contributed by atoms with E-state index in [2.05, 4.69) is 22.5 Å². The third kappa shape index (κ3) is 1.91. The van der Waals surface area contributed by atoms with E-state index in [1.165, 1.54) is 0 Å². The van der Waals surface area contributed by atoms with Crippen LogP contribution in [-0.2, 0) is 10.6 Å². The summed E-state index contributed by atoms with van der Waals surface area (Å²) in [5.74, 6) is 1.37. The Labute approximate surface area is 112 Å². The average molecular weight is 265 g/mol. The maximum absolute atomic E-state index is 6.03. The fourth-order valence-corrected chi connectivity index (χ4v) is 2.98. The number of rotatable bonds is 3. The molecule has 18 heavy (non-hydrogen) atoms. The predicted octanol–water partition coefficient (Wildman–Crippen LogP) is 3.52. The molecule has 1 aliphatic heterocycles. The van der Waals surface area contributed by atoms with Crippen LogP contribution >= 0.6 is 11.6 Å². The van der Waals surface area contributed by atoms with Gasteiger partial charge in [-0.25, -0.2) is 4.98 Å². The Kier molecular flexibility index (Phi) is 3.27. The second-order valence-electron chi connectivity index (χ2n) is 4.81. The number of nitrogens with zero attached hydrogens (tertiary/aromatic N) is 2. The van der Waals surface area contributed by atoms with Crippen LogP contribution in [0.4, 0.5) is 0 Å². The summed E-state index contributed by atoms with van der Waals surface area (Å²) in [5.41, 5.74) is 2.16. The van der Waals surface area contributed by atoms with Gasteiger partial charge in [0.05, 0.1) is 29.1 Å². The molecule has 0 amide bonds. The molecule has 4 heteroatoms. The van der Waals surface area contributed by atoms with Crippen molar-refractivity contribution in [3.05, 3.63) is 30.1 Å². The van der Waals surface area contributed by atoms with Crippen molar-refractivity contribution in [3.8, 4) is 0 Å². The molecule has 0 spiro atoms. The van der Waals surface area contributed by atoms with Crippen LogP contribution in [-0.4, -0.2) is 22.3 Å². The Morgan fingerprint density at radius 1 is 1.50 bits per heavy atom. The predicted molar refractivity (Wildman–Crippen MR) is 73.0 cm³/mol. The molecule has 3 rings (SSSR count). The lowest BCUT2D eigenvalue weighted by Crippen LogP contribution is -2.22. The molecule has 1 aromatic heterocycles. The zero-order valence-corrected chi connectivity index (χ0v) is 11.2. The molecule has 0 bridgehead atoms. The third-order valence-corrected chi connectivity index (χ3v) is 3.94. The van der Waals surface area contributed by atoms with Gasteiger partial charge in [0.15, 0.2) is 0 Å². The first-order valence-corrected chi connectivity index (χ1v) is 6.98. The summed E-state index contributed by atoms with van der Waals surface area (Å²) in [6, 6.07) is 8.47. The molecule has 1 fully saturated rings. The standard InChI is InChI=1S/C14H17ClN2O/c1-10(13-7-4-8-18-13)17-12-6-3-2-5-11(12)16-14(17)9-15/h2-3,5-6,10,13H,4,7-9H2,1H3. The molecule has 0 saturated carbocycles. The molecule has 1 aromatic carbocycles. The van der Waals surface area contributed by atoms with Crippen molar-refractivity contribution < 1.29 is 4.74 Å². The molecule has 0 N–H and O–H groups in total. The first-order chi connectivity index (χ1) is 8.81. The van der Waals surface area contributed by atoms with E-state index >= 15 is 0 Å². The van der Waals surface area contributed by atoms with Crippen molar-refractivity contribution in [2.75, 3.05) is 6.61 Å². The van der Waals surface area contributed by atoms with Gasteiger partial charge in [-0.2, -0.15) is 0 Å². The molecule has 2 atom stereocenters. The van der Waals surface area contributed by atoms with Gasteiger partial charge < -0.3 is 9.30 Å². The largest absolute Gasteiger partial charge is 0.376 e. The topological polar surface area (TPSA) is 27.1 Å². The Hall–Kier alpha value is -1.06. The quantitative estimate of drug-likeness (QED) is 0.793. The minimum Gasteiger partial charge on any atom is -0.376 e. The van der Waals surface area contributed by atoms with E-state index in [0.29, 0.717) is 5.88 Å². The Bertz CT molecular complexity index is 546. The SMILES string of the molecule is CC(C1CCCO1)n1c(CCl)nc2ccccc21. The van der Waals surface area contributed by atoms with Crippen LogP contribution in [0.25, 0.3) is 11.0 Å². The summed E-state index contributed by atoms with van der Waals surface area (Å²) in [7, 11) is 0. The average Bonchev–Trinajstić information content (AvgIpc) is 3.04. The number of hydrogen-bond donors (Lipinski definition) is 0. The van der Waals surface area contributed by atoms with Crippen LogP contribution in [0.2, 0.25) is 0 Å². The lowest BCUT2D eigenvalue weighted by atomic mass is 10.1. The summed E-state index contributed by atoms with van der Waals surface area (Å²) < 4.78 is 8.03. The van der Waals surface area contributed by atoms with Crippen LogP contribution in [0.3, 0.4) is 0 Å². The van der Waals surface area contributed by atoms with E-state index in [9.17, 15) is 0 Å². The number of ether oxygens (including phenoxy) is 1. The van der Waals surface area contributed by atoms with Crippen LogP contribution in [0.1, 0.15) is 31.6 Å². The molecule has 1 saturated heterocycles. The highest BCUT2D eigenvalue weighted by Gasteiger charge is 2.26. The monoisotopic (exact) mass is 264 g/mol. The second kappa shape index (κ2) is 4.90. The van der Waals surface area contributed by atoms with E-state index in [0.717, 1.165) is 36.3 Å². The summed E-state index contributed by atoms with van der Waals surface area (Å²) >= 11 is 6.03. The van der Waals surface area contributed by atoms with Crippen LogP contribution in [0.5, 0.6) is 0 Å². The zero-order chi connectivity index (χ0) is 12.5. The summed E-state index contributed by atoms with van der Waals surface area (Å²) in [6.07, 6.45) is 2.55. The number of alkyl halides is 1. The number of para-hydroxylation sites is 2. The Morgan fingerprint density at radius 2 is 2.33 bits per heavy atom. The van der Waals surface area contributed by atoms with Gasteiger partial charge in [-0.3, -0.25) is 0 Å². The van der Waals surface area contributed by atoms with Gasteiger partial charge in [-0.1, -0.05) is 12.1 Å². The molecule has 2 aromatic rings.